The Morgan fingerprint density at radius 1 is 1.29 bits per heavy atom. The second kappa shape index (κ2) is 5.90. The highest BCUT2D eigenvalue weighted by molar-refractivity contribution is 5.85. The number of nitrogen functional groups attached to an aromatic ring is 1. The number of carbonyl (C=O) groups excluding carboxylic acids is 1. The molecule has 1 unspecified atom stereocenters. The Bertz CT molecular complexity index is 666. The van der Waals surface area contributed by atoms with Crippen molar-refractivity contribution in [3.8, 4) is 11.5 Å². The summed E-state index contributed by atoms with van der Waals surface area (Å²) in [6, 6.07) is 2.95. The number of benzene rings is 1. The van der Waals surface area contributed by atoms with E-state index in [-0.39, 0.29) is 11.9 Å². The molecule has 0 fully saturated rings. The Kier molecular flexibility index (Phi) is 4.21. The quantitative estimate of drug-likeness (QED) is 0.845. The number of imidazole rings is 1. The van der Waals surface area contributed by atoms with E-state index in [2.05, 4.69) is 4.98 Å². The van der Waals surface area contributed by atoms with Gasteiger partial charge in [-0.2, -0.15) is 0 Å². The first-order valence-corrected chi connectivity index (χ1v) is 6.54. The van der Waals surface area contributed by atoms with E-state index < -0.39 is 6.04 Å². The van der Waals surface area contributed by atoms with Crippen molar-refractivity contribution < 1.29 is 19.0 Å². The summed E-state index contributed by atoms with van der Waals surface area (Å²) in [5.41, 5.74) is 7.30. The SMILES string of the molecule is CCC(C(=O)OC)n1c(N)nc2cc(OC)c(OC)cc21. The van der Waals surface area contributed by atoms with E-state index in [4.69, 9.17) is 19.9 Å². The number of hydrogen-bond acceptors (Lipinski definition) is 6. The van der Waals surface area contributed by atoms with Gasteiger partial charge in [0.05, 0.1) is 32.4 Å². The third-order valence-corrected chi connectivity index (χ3v) is 3.39. The lowest BCUT2D eigenvalue weighted by Crippen LogP contribution is -2.21. The van der Waals surface area contributed by atoms with Crippen LogP contribution in [-0.4, -0.2) is 36.8 Å². The fourth-order valence-electron chi connectivity index (χ4n) is 2.36. The Labute approximate surface area is 122 Å². The van der Waals surface area contributed by atoms with E-state index >= 15 is 0 Å². The van der Waals surface area contributed by atoms with Crippen LogP contribution in [-0.2, 0) is 9.53 Å². The summed E-state index contributed by atoms with van der Waals surface area (Å²) in [5, 5.41) is 0. The largest absolute Gasteiger partial charge is 0.493 e. The zero-order valence-electron chi connectivity index (χ0n) is 12.5. The summed E-state index contributed by atoms with van der Waals surface area (Å²) in [5.74, 6) is 0.988. The van der Waals surface area contributed by atoms with Crippen LogP contribution in [0.3, 0.4) is 0 Å². The number of ether oxygens (including phenoxy) is 3. The molecule has 1 heterocycles. The van der Waals surface area contributed by atoms with Crippen LogP contribution in [0.15, 0.2) is 12.1 Å². The van der Waals surface area contributed by atoms with Gasteiger partial charge < -0.3 is 19.9 Å². The van der Waals surface area contributed by atoms with Crippen molar-refractivity contribution in [1.29, 1.82) is 0 Å². The van der Waals surface area contributed by atoms with Crippen LogP contribution in [0.25, 0.3) is 11.0 Å². The van der Waals surface area contributed by atoms with Crippen LogP contribution in [0.4, 0.5) is 5.95 Å². The van der Waals surface area contributed by atoms with Crippen LogP contribution in [0.5, 0.6) is 11.5 Å². The van der Waals surface area contributed by atoms with Crippen LogP contribution in [0.1, 0.15) is 19.4 Å². The van der Waals surface area contributed by atoms with Crippen molar-refractivity contribution in [2.45, 2.75) is 19.4 Å². The Morgan fingerprint density at radius 3 is 2.43 bits per heavy atom. The molecule has 0 saturated carbocycles. The van der Waals surface area contributed by atoms with Crippen molar-refractivity contribution in [3.63, 3.8) is 0 Å². The minimum absolute atomic E-state index is 0.248. The molecule has 0 aliphatic carbocycles. The molecule has 0 bridgehead atoms. The highest BCUT2D eigenvalue weighted by Gasteiger charge is 2.25. The highest BCUT2D eigenvalue weighted by Crippen LogP contribution is 2.35. The molecule has 0 spiro atoms. The number of fused-ring (bicyclic) bond motifs is 1. The van der Waals surface area contributed by atoms with Crippen molar-refractivity contribution in [2.24, 2.45) is 0 Å². The van der Waals surface area contributed by atoms with Crippen LogP contribution in [0, 0.1) is 0 Å². The number of rotatable bonds is 5. The first kappa shape index (κ1) is 15.0. The van der Waals surface area contributed by atoms with Crippen molar-refractivity contribution in [1.82, 2.24) is 9.55 Å². The minimum Gasteiger partial charge on any atom is -0.493 e. The average molecular weight is 293 g/mol. The summed E-state index contributed by atoms with van der Waals surface area (Å²) in [6.45, 7) is 1.88. The minimum atomic E-state index is -0.530. The van der Waals surface area contributed by atoms with Gasteiger partial charge in [-0.15, -0.1) is 0 Å². The summed E-state index contributed by atoms with van der Waals surface area (Å²) in [4.78, 5) is 16.2. The summed E-state index contributed by atoms with van der Waals surface area (Å²) in [6.07, 6.45) is 0.538. The molecule has 0 aliphatic heterocycles. The normalized spacial score (nSPS) is 12.2. The number of anilines is 1. The summed E-state index contributed by atoms with van der Waals surface area (Å²) >= 11 is 0. The van der Waals surface area contributed by atoms with Gasteiger partial charge in [0.15, 0.2) is 11.5 Å². The predicted molar refractivity (Wildman–Crippen MR) is 78.6 cm³/mol. The molecule has 1 atom stereocenters. The van der Waals surface area contributed by atoms with Gasteiger partial charge in [0, 0.05) is 12.1 Å². The maximum atomic E-state index is 11.9. The average Bonchev–Trinajstić information content (AvgIpc) is 2.81. The molecule has 0 amide bonds. The van der Waals surface area contributed by atoms with Gasteiger partial charge >= 0.3 is 5.97 Å². The van der Waals surface area contributed by atoms with E-state index in [0.717, 1.165) is 0 Å². The molecule has 0 saturated heterocycles. The standard InChI is InChI=1S/C14H19N3O4/c1-5-9(13(18)21-4)17-10-7-12(20-3)11(19-2)6-8(10)16-14(17)15/h6-7,9H,5H2,1-4H3,(H2,15,16). The molecular formula is C14H19N3O4. The van der Waals surface area contributed by atoms with Gasteiger partial charge in [0.25, 0.3) is 0 Å². The van der Waals surface area contributed by atoms with E-state index in [1.165, 1.54) is 7.11 Å². The second-order valence-electron chi connectivity index (χ2n) is 4.48. The number of carbonyl (C=O) groups is 1. The third-order valence-electron chi connectivity index (χ3n) is 3.39. The highest BCUT2D eigenvalue weighted by atomic mass is 16.5. The zero-order valence-corrected chi connectivity index (χ0v) is 12.5. The number of nitrogens with two attached hydrogens (primary N) is 1. The smallest absolute Gasteiger partial charge is 0.328 e. The maximum Gasteiger partial charge on any atom is 0.328 e. The maximum absolute atomic E-state index is 11.9. The molecule has 21 heavy (non-hydrogen) atoms. The van der Waals surface area contributed by atoms with Gasteiger partial charge in [0.2, 0.25) is 5.95 Å². The molecule has 7 heteroatoms. The first-order valence-electron chi connectivity index (χ1n) is 6.54. The van der Waals surface area contributed by atoms with E-state index in [1.54, 1.807) is 30.9 Å². The Balaban J connectivity index is 2.68. The van der Waals surface area contributed by atoms with E-state index in [0.29, 0.717) is 29.0 Å². The molecule has 1 aromatic carbocycles. The lowest BCUT2D eigenvalue weighted by Gasteiger charge is -2.17. The van der Waals surface area contributed by atoms with Gasteiger partial charge in [-0.25, -0.2) is 9.78 Å². The second-order valence-corrected chi connectivity index (χ2v) is 4.48. The van der Waals surface area contributed by atoms with Crippen LogP contribution < -0.4 is 15.2 Å². The van der Waals surface area contributed by atoms with E-state index in [1.807, 2.05) is 6.92 Å². The van der Waals surface area contributed by atoms with Gasteiger partial charge in [-0.3, -0.25) is 4.57 Å². The molecule has 1 aromatic heterocycles. The fourth-order valence-corrected chi connectivity index (χ4v) is 2.36. The number of aromatic nitrogens is 2. The Hall–Kier alpha value is -2.44. The van der Waals surface area contributed by atoms with E-state index in [9.17, 15) is 4.79 Å². The molecule has 114 valence electrons. The van der Waals surface area contributed by atoms with Gasteiger partial charge in [-0.1, -0.05) is 6.92 Å². The lowest BCUT2D eigenvalue weighted by atomic mass is 10.2. The summed E-state index contributed by atoms with van der Waals surface area (Å²) in [7, 11) is 4.45. The first-order chi connectivity index (χ1) is 10.1. The molecule has 2 rings (SSSR count). The lowest BCUT2D eigenvalue weighted by molar-refractivity contribution is -0.144. The summed E-state index contributed by atoms with van der Waals surface area (Å²) < 4.78 is 17.0. The number of nitrogens with zero attached hydrogens (tertiary/aromatic N) is 2. The van der Waals surface area contributed by atoms with Gasteiger partial charge in [-0.05, 0) is 6.42 Å². The third kappa shape index (κ3) is 2.46. The fraction of sp³-hybridized carbons (Fsp3) is 0.429. The monoisotopic (exact) mass is 293 g/mol. The molecule has 2 N–H and O–H groups in total. The molecular weight excluding hydrogens is 274 g/mol. The molecule has 0 aliphatic rings. The predicted octanol–water partition coefficient (Wildman–Crippen LogP) is 1.76. The van der Waals surface area contributed by atoms with Crippen molar-refractivity contribution in [3.05, 3.63) is 12.1 Å². The van der Waals surface area contributed by atoms with Crippen molar-refractivity contribution in [2.75, 3.05) is 27.1 Å². The zero-order chi connectivity index (χ0) is 15.6. The number of methoxy groups -OCH3 is 3. The molecule has 2 aromatic rings. The van der Waals surface area contributed by atoms with Gasteiger partial charge in [0.1, 0.15) is 6.04 Å². The van der Waals surface area contributed by atoms with Crippen LogP contribution in [0.2, 0.25) is 0 Å². The topological polar surface area (TPSA) is 88.6 Å². The van der Waals surface area contributed by atoms with Crippen LogP contribution >= 0.6 is 0 Å². The number of hydrogen-bond donors (Lipinski definition) is 1. The Morgan fingerprint density at radius 2 is 1.90 bits per heavy atom. The van der Waals surface area contributed by atoms with Crippen molar-refractivity contribution >= 4 is 23.0 Å². The molecule has 7 nitrogen and oxygen atoms in total. The number of esters is 1. The molecule has 0 radical (unpaired) electrons.